The number of Topliss-reactive ketones (excluding diaryl/α,β-unsaturated/α-hetero) is 1. The van der Waals surface area contributed by atoms with Crippen molar-refractivity contribution in [3.05, 3.63) is 65.7 Å². The zero-order valence-electron chi connectivity index (χ0n) is 16.3. The molecule has 0 unspecified atom stereocenters. The second-order valence-corrected chi connectivity index (χ2v) is 8.02. The second-order valence-electron chi connectivity index (χ2n) is 8.02. The summed E-state index contributed by atoms with van der Waals surface area (Å²) in [6.45, 7) is 0.180. The van der Waals surface area contributed by atoms with Crippen LogP contribution in [-0.2, 0) is 20.9 Å². The monoisotopic (exact) mass is 391 g/mol. The molecule has 2 aromatic rings. The van der Waals surface area contributed by atoms with E-state index < -0.39 is 0 Å². The lowest BCUT2D eigenvalue weighted by Gasteiger charge is -2.36. The van der Waals surface area contributed by atoms with Crippen LogP contribution < -0.4 is 5.32 Å². The molecule has 29 heavy (non-hydrogen) atoms. The molecule has 2 saturated carbocycles. The minimum atomic E-state index is -0.208. The first-order chi connectivity index (χ1) is 14.1. The van der Waals surface area contributed by atoms with E-state index in [-0.39, 0.29) is 36.2 Å². The molecule has 1 N–H and O–H groups in total. The SMILES string of the molecule is O=C(Nc1ccccc1)c1ccc(COC(=O)C2C[C@@H]3CCC[C@@H](C2)C3=O)cc1. The van der Waals surface area contributed by atoms with Crippen LogP contribution in [0.1, 0.15) is 48.0 Å². The molecule has 2 bridgehead atoms. The van der Waals surface area contributed by atoms with E-state index in [9.17, 15) is 14.4 Å². The molecule has 2 fully saturated rings. The Kier molecular flexibility index (Phi) is 5.74. The highest BCUT2D eigenvalue weighted by molar-refractivity contribution is 6.04. The standard InChI is InChI=1S/C24H25NO4/c26-22-18-5-4-6-19(22)14-20(13-18)24(28)29-15-16-9-11-17(12-10-16)23(27)25-21-7-2-1-3-8-21/h1-3,7-12,18-20H,4-6,13-15H2,(H,25,27)/t18-,19-/m0/s1. The van der Waals surface area contributed by atoms with E-state index in [2.05, 4.69) is 5.32 Å². The third-order valence-electron chi connectivity index (χ3n) is 6.01. The smallest absolute Gasteiger partial charge is 0.309 e. The Hall–Kier alpha value is -2.95. The van der Waals surface area contributed by atoms with Crippen molar-refractivity contribution in [1.82, 2.24) is 0 Å². The van der Waals surface area contributed by atoms with Gasteiger partial charge < -0.3 is 10.1 Å². The maximum atomic E-state index is 12.5. The van der Waals surface area contributed by atoms with Gasteiger partial charge in [0.25, 0.3) is 5.91 Å². The Labute approximate surface area is 170 Å². The summed E-state index contributed by atoms with van der Waals surface area (Å²) in [7, 11) is 0. The summed E-state index contributed by atoms with van der Waals surface area (Å²) >= 11 is 0. The van der Waals surface area contributed by atoms with Gasteiger partial charge in [-0.3, -0.25) is 14.4 Å². The molecule has 0 saturated heterocycles. The van der Waals surface area contributed by atoms with Gasteiger partial charge in [-0.15, -0.1) is 0 Å². The molecule has 2 aliphatic carbocycles. The maximum Gasteiger partial charge on any atom is 0.309 e. The predicted molar refractivity (Wildman–Crippen MR) is 109 cm³/mol. The normalized spacial score (nSPS) is 23.3. The summed E-state index contributed by atoms with van der Waals surface area (Å²) in [5.41, 5.74) is 2.12. The quantitative estimate of drug-likeness (QED) is 0.768. The molecule has 0 aliphatic heterocycles. The number of benzene rings is 2. The van der Waals surface area contributed by atoms with Gasteiger partial charge in [-0.25, -0.2) is 0 Å². The van der Waals surface area contributed by atoms with Crippen molar-refractivity contribution in [3.8, 4) is 0 Å². The molecule has 0 spiro atoms. The number of ketones is 1. The van der Waals surface area contributed by atoms with Crippen molar-refractivity contribution in [2.45, 2.75) is 38.7 Å². The largest absolute Gasteiger partial charge is 0.461 e. The molecule has 2 aliphatic rings. The minimum absolute atomic E-state index is 0.0439. The van der Waals surface area contributed by atoms with Crippen LogP contribution in [0.15, 0.2) is 54.6 Å². The summed E-state index contributed by atoms with van der Waals surface area (Å²) in [5.74, 6) is -0.119. The van der Waals surface area contributed by atoms with Gasteiger partial charge in [0.05, 0.1) is 5.92 Å². The van der Waals surface area contributed by atoms with Gasteiger partial charge >= 0.3 is 5.97 Å². The number of para-hydroxylation sites is 1. The predicted octanol–water partition coefficient (Wildman–Crippen LogP) is 4.38. The fourth-order valence-electron chi connectivity index (χ4n) is 4.42. The topological polar surface area (TPSA) is 72.5 Å². The molecule has 0 radical (unpaired) electrons. The molecule has 2 atom stereocenters. The van der Waals surface area contributed by atoms with Crippen LogP contribution in [0.5, 0.6) is 0 Å². The molecule has 150 valence electrons. The van der Waals surface area contributed by atoms with Gasteiger partial charge in [-0.05, 0) is 55.5 Å². The Morgan fingerprint density at radius 1 is 0.931 bits per heavy atom. The minimum Gasteiger partial charge on any atom is -0.461 e. The molecule has 5 nitrogen and oxygen atoms in total. The second kappa shape index (κ2) is 8.60. The Bertz CT molecular complexity index is 875. The summed E-state index contributed by atoms with van der Waals surface area (Å²) in [6.07, 6.45) is 4.17. The molecule has 0 heterocycles. The van der Waals surface area contributed by atoms with Crippen molar-refractivity contribution in [2.75, 3.05) is 5.32 Å². The van der Waals surface area contributed by atoms with Crippen molar-refractivity contribution in [3.63, 3.8) is 0 Å². The van der Waals surface area contributed by atoms with Crippen LogP contribution in [0.2, 0.25) is 0 Å². The van der Waals surface area contributed by atoms with E-state index in [1.165, 1.54) is 0 Å². The maximum absolute atomic E-state index is 12.5. The molecule has 4 rings (SSSR count). The zero-order valence-corrected chi connectivity index (χ0v) is 16.3. The van der Waals surface area contributed by atoms with E-state index >= 15 is 0 Å². The van der Waals surface area contributed by atoms with E-state index in [4.69, 9.17) is 4.74 Å². The molecule has 1 amide bonds. The highest BCUT2D eigenvalue weighted by Gasteiger charge is 2.41. The van der Waals surface area contributed by atoms with Crippen molar-refractivity contribution in [1.29, 1.82) is 0 Å². The Balaban J connectivity index is 1.29. The van der Waals surface area contributed by atoms with E-state index in [0.29, 0.717) is 24.2 Å². The number of ether oxygens (including phenoxy) is 1. The van der Waals surface area contributed by atoms with Crippen molar-refractivity contribution >= 4 is 23.3 Å². The fourth-order valence-corrected chi connectivity index (χ4v) is 4.42. The summed E-state index contributed by atoms with van der Waals surface area (Å²) in [6, 6.07) is 16.3. The van der Waals surface area contributed by atoms with Crippen LogP contribution in [0.3, 0.4) is 0 Å². The number of fused-ring (bicyclic) bond motifs is 2. The van der Waals surface area contributed by atoms with E-state index in [0.717, 1.165) is 30.5 Å². The molecular formula is C24H25NO4. The van der Waals surface area contributed by atoms with E-state index in [1.807, 2.05) is 30.3 Å². The number of anilines is 1. The lowest BCUT2D eigenvalue weighted by molar-refractivity contribution is -0.154. The van der Waals surface area contributed by atoms with Gasteiger partial charge in [-0.2, -0.15) is 0 Å². The number of carbonyl (C=O) groups is 3. The van der Waals surface area contributed by atoms with Crippen LogP contribution in [0.25, 0.3) is 0 Å². The number of amides is 1. The summed E-state index contributed by atoms with van der Waals surface area (Å²) in [5, 5.41) is 2.84. The average molecular weight is 391 g/mol. The van der Waals surface area contributed by atoms with Crippen LogP contribution >= 0.6 is 0 Å². The van der Waals surface area contributed by atoms with Gasteiger partial charge in [0, 0.05) is 23.1 Å². The number of rotatable bonds is 5. The number of hydrogen-bond acceptors (Lipinski definition) is 4. The molecule has 0 aromatic heterocycles. The number of esters is 1. The average Bonchev–Trinajstić information content (AvgIpc) is 2.73. The lowest BCUT2D eigenvalue weighted by atomic mass is 9.67. The van der Waals surface area contributed by atoms with E-state index in [1.54, 1.807) is 24.3 Å². The molecule has 2 aromatic carbocycles. The molecule has 5 heteroatoms. The Morgan fingerprint density at radius 3 is 2.24 bits per heavy atom. The first-order valence-electron chi connectivity index (χ1n) is 10.3. The number of nitrogens with one attached hydrogen (secondary N) is 1. The number of carbonyl (C=O) groups excluding carboxylic acids is 3. The first-order valence-corrected chi connectivity index (χ1v) is 10.3. The third-order valence-corrected chi connectivity index (χ3v) is 6.01. The zero-order chi connectivity index (χ0) is 20.2. The van der Waals surface area contributed by atoms with Crippen molar-refractivity contribution < 1.29 is 19.1 Å². The van der Waals surface area contributed by atoms with Crippen molar-refractivity contribution in [2.24, 2.45) is 17.8 Å². The van der Waals surface area contributed by atoms with Gasteiger partial charge in [0.1, 0.15) is 12.4 Å². The van der Waals surface area contributed by atoms with Gasteiger partial charge in [0.2, 0.25) is 0 Å². The summed E-state index contributed by atoms with van der Waals surface area (Å²) < 4.78 is 5.51. The highest BCUT2D eigenvalue weighted by atomic mass is 16.5. The number of hydrogen-bond donors (Lipinski definition) is 1. The molecular weight excluding hydrogens is 366 g/mol. The van der Waals surface area contributed by atoms with Crippen LogP contribution in [0.4, 0.5) is 5.69 Å². The Morgan fingerprint density at radius 2 is 1.59 bits per heavy atom. The summed E-state index contributed by atoms with van der Waals surface area (Å²) in [4.78, 5) is 37.0. The first kappa shape index (κ1) is 19.4. The van der Waals surface area contributed by atoms with Gasteiger partial charge in [0.15, 0.2) is 0 Å². The fraction of sp³-hybridized carbons (Fsp3) is 0.375. The third kappa shape index (κ3) is 4.56. The lowest BCUT2D eigenvalue weighted by Crippen LogP contribution is -2.39. The van der Waals surface area contributed by atoms with Crippen LogP contribution in [0, 0.1) is 17.8 Å². The van der Waals surface area contributed by atoms with Crippen LogP contribution in [-0.4, -0.2) is 17.7 Å². The van der Waals surface area contributed by atoms with Gasteiger partial charge in [-0.1, -0.05) is 36.8 Å². The highest BCUT2D eigenvalue weighted by Crippen LogP contribution is 2.40.